The number of hydrogen-bond acceptors (Lipinski definition) is 6. The Bertz CT molecular complexity index is 1660. The van der Waals surface area contributed by atoms with Gasteiger partial charge in [-0.2, -0.15) is 5.10 Å². The van der Waals surface area contributed by atoms with Crippen LogP contribution in [-0.2, 0) is 6.42 Å². The van der Waals surface area contributed by atoms with E-state index in [9.17, 15) is 4.79 Å². The van der Waals surface area contributed by atoms with Gasteiger partial charge in [0.15, 0.2) is 17.1 Å². The zero-order chi connectivity index (χ0) is 28.2. The maximum Gasteiger partial charge on any atom is 0.272 e. The zero-order valence-electron chi connectivity index (χ0n) is 23.3. The monoisotopic (exact) mass is 536 g/mol. The molecule has 5 aromatic rings. The maximum atomic E-state index is 13.8. The highest BCUT2D eigenvalue weighted by Gasteiger charge is 2.23. The van der Waals surface area contributed by atoms with Crippen LogP contribution < -0.4 is 14.2 Å². The fourth-order valence-electron chi connectivity index (χ4n) is 4.85. The van der Waals surface area contributed by atoms with E-state index in [1.807, 2.05) is 79.7 Å². The Morgan fingerprint density at radius 2 is 1.55 bits per heavy atom. The quantitative estimate of drug-likeness (QED) is 0.240. The molecule has 0 N–H and O–H groups in total. The number of carbonyl (C=O) groups is 1. The predicted octanol–water partition coefficient (Wildman–Crippen LogP) is 5.71. The van der Waals surface area contributed by atoms with Gasteiger partial charge in [0.1, 0.15) is 11.4 Å². The van der Waals surface area contributed by atoms with Gasteiger partial charge in [-0.3, -0.25) is 4.79 Å². The van der Waals surface area contributed by atoms with Crippen molar-refractivity contribution in [2.24, 2.45) is 0 Å². The summed E-state index contributed by atoms with van der Waals surface area (Å²) in [4.78, 5) is 20.3. The Labute approximate surface area is 233 Å². The van der Waals surface area contributed by atoms with E-state index in [1.165, 1.54) is 0 Å². The number of likely N-dealkylation sites (N-methyl/N-ethyl adjacent to an activating group) is 1. The second-order valence-corrected chi connectivity index (χ2v) is 9.45. The van der Waals surface area contributed by atoms with Crippen molar-refractivity contribution in [3.63, 3.8) is 0 Å². The number of nitrogens with zero attached hydrogens (tertiary/aromatic N) is 4. The van der Waals surface area contributed by atoms with E-state index >= 15 is 0 Å². The number of amides is 1. The highest BCUT2D eigenvalue weighted by Crippen LogP contribution is 2.34. The fraction of sp³-hybridized carbons (Fsp3) is 0.219. The van der Waals surface area contributed by atoms with Crippen LogP contribution in [0.3, 0.4) is 0 Å². The number of para-hydroxylation sites is 1. The second kappa shape index (κ2) is 11.5. The molecule has 0 atom stereocenters. The Balaban J connectivity index is 1.56. The van der Waals surface area contributed by atoms with Crippen molar-refractivity contribution in [3.05, 3.63) is 95.8 Å². The van der Waals surface area contributed by atoms with Crippen molar-refractivity contribution in [1.82, 2.24) is 19.5 Å². The average molecular weight is 537 g/mol. The van der Waals surface area contributed by atoms with E-state index < -0.39 is 0 Å². The molecule has 0 aliphatic rings. The number of benzene rings is 3. The molecule has 0 saturated heterocycles. The van der Waals surface area contributed by atoms with Gasteiger partial charge in [0, 0.05) is 24.7 Å². The number of rotatable bonds is 9. The second-order valence-electron chi connectivity index (χ2n) is 9.45. The Morgan fingerprint density at radius 3 is 2.27 bits per heavy atom. The molecular weight excluding hydrogens is 504 g/mol. The minimum absolute atomic E-state index is 0.183. The lowest BCUT2D eigenvalue weighted by atomic mass is 10.1. The van der Waals surface area contributed by atoms with Crippen LogP contribution in [0.2, 0.25) is 0 Å². The molecule has 0 fully saturated rings. The molecule has 0 bridgehead atoms. The van der Waals surface area contributed by atoms with Gasteiger partial charge in [-0.15, -0.1) is 0 Å². The summed E-state index contributed by atoms with van der Waals surface area (Å²) < 4.78 is 18.2. The van der Waals surface area contributed by atoms with Gasteiger partial charge in [-0.1, -0.05) is 48.5 Å². The first-order valence-electron chi connectivity index (χ1n) is 13.0. The lowest BCUT2D eigenvalue weighted by Gasteiger charge is -2.18. The van der Waals surface area contributed by atoms with Crippen LogP contribution >= 0.6 is 0 Å². The third-order valence-electron chi connectivity index (χ3n) is 6.96. The van der Waals surface area contributed by atoms with Gasteiger partial charge >= 0.3 is 0 Å². The molecule has 3 aromatic carbocycles. The SMILES string of the molecule is COc1ccc(CCN(C)C(=O)c2cc(-c3ccccc3OC)n3nc(C)c(-c4ccccc4)c3n2)cc1OC. The molecule has 5 rings (SSSR count). The highest BCUT2D eigenvalue weighted by atomic mass is 16.5. The molecule has 1 amide bonds. The van der Waals surface area contributed by atoms with Crippen molar-refractivity contribution in [3.8, 4) is 39.6 Å². The number of ether oxygens (including phenoxy) is 3. The normalized spacial score (nSPS) is 10.9. The van der Waals surface area contributed by atoms with E-state index in [0.29, 0.717) is 41.6 Å². The first-order chi connectivity index (χ1) is 19.4. The summed E-state index contributed by atoms with van der Waals surface area (Å²) in [7, 11) is 6.64. The standard InChI is InChI=1S/C32H32N4O4/c1-21-30(23-11-7-6-8-12-23)31-33-25(20-26(36(31)34-21)24-13-9-10-14-27(24)38-3)32(37)35(2)18-17-22-15-16-28(39-4)29(19-22)40-5/h6-16,19-20H,17-18H2,1-5H3. The molecule has 2 aromatic heterocycles. The number of aryl methyl sites for hydroxylation is 1. The van der Waals surface area contributed by atoms with Crippen LogP contribution in [0.25, 0.3) is 28.0 Å². The Hall–Kier alpha value is -4.85. The number of fused-ring (bicyclic) bond motifs is 1. The third-order valence-corrected chi connectivity index (χ3v) is 6.96. The van der Waals surface area contributed by atoms with Gasteiger partial charge in [-0.25, -0.2) is 9.50 Å². The van der Waals surface area contributed by atoms with Crippen LogP contribution in [0.4, 0.5) is 0 Å². The summed E-state index contributed by atoms with van der Waals surface area (Å²) in [6, 6.07) is 25.3. The predicted molar refractivity (Wildman–Crippen MR) is 155 cm³/mol. The van der Waals surface area contributed by atoms with Gasteiger partial charge in [-0.05, 0) is 54.8 Å². The molecule has 2 heterocycles. The largest absolute Gasteiger partial charge is 0.496 e. The molecule has 0 saturated carbocycles. The Kier molecular flexibility index (Phi) is 7.68. The fourth-order valence-corrected chi connectivity index (χ4v) is 4.85. The van der Waals surface area contributed by atoms with Gasteiger partial charge < -0.3 is 19.1 Å². The van der Waals surface area contributed by atoms with E-state index in [2.05, 4.69) is 0 Å². The smallest absolute Gasteiger partial charge is 0.272 e. The molecule has 40 heavy (non-hydrogen) atoms. The van der Waals surface area contributed by atoms with Crippen LogP contribution in [0.5, 0.6) is 17.2 Å². The zero-order valence-corrected chi connectivity index (χ0v) is 23.3. The van der Waals surface area contributed by atoms with Crippen molar-refractivity contribution in [1.29, 1.82) is 0 Å². The summed E-state index contributed by atoms with van der Waals surface area (Å²) >= 11 is 0. The summed E-state index contributed by atoms with van der Waals surface area (Å²) in [6.07, 6.45) is 0.644. The third kappa shape index (κ3) is 5.08. The molecule has 8 heteroatoms. The molecule has 204 valence electrons. The average Bonchev–Trinajstić information content (AvgIpc) is 3.34. The van der Waals surface area contributed by atoms with Crippen molar-refractivity contribution in [2.45, 2.75) is 13.3 Å². The van der Waals surface area contributed by atoms with Crippen molar-refractivity contribution in [2.75, 3.05) is 34.9 Å². The van der Waals surface area contributed by atoms with E-state index in [0.717, 1.165) is 33.6 Å². The summed E-state index contributed by atoms with van der Waals surface area (Å²) in [5, 5.41) is 4.84. The number of methoxy groups -OCH3 is 3. The first-order valence-corrected chi connectivity index (χ1v) is 13.0. The highest BCUT2D eigenvalue weighted by molar-refractivity contribution is 5.95. The molecule has 0 aliphatic heterocycles. The minimum atomic E-state index is -0.183. The van der Waals surface area contributed by atoms with Crippen LogP contribution in [0.15, 0.2) is 78.9 Å². The number of hydrogen-bond donors (Lipinski definition) is 0. The summed E-state index contributed by atoms with van der Waals surface area (Å²) in [6.45, 7) is 2.45. The van der Waals surface area contributed by atoms with Gasteiger partial charge in [0.05, 0.1) is 32.7 Å². The maximum absolute atomic E-state index is 13.8. The summed E-state index contributed by atoms with van der Waals surface area (Å²) in [5.74, 6) is 1.83. The molecule has 0 aliphatic carbocycles. The minimum Gasteiger partial charge on any atom is -0.496 e. The number of carbonyl (C=O) groups excluding carboxylic acids is 1. The van der Waals surface area contributed by atoms with Crippen LogP contribution in [0, 0.1) is 6.92 Å². The van der Waals surface area contributed by atoms with E-state index in [1.54, 1.807) is 43.9 Å². The summed E-state index contributed by atoms with van der Waals surface area (Å²) in [5.41, 5.74) is 6.23. The van der Waals surface area contributed by atoms with Gasteiger partial charge in [0.25, 0.3) is 5.91 Å². The van der Waals surface area contributed by atoms with Crippen LogP contribution in [-0.4, -0.2) is 60.3 Å². The number of aromatic nitrogens is 3. The van der Waals surface area contributed by atoms with Crippen molar-refractivity contribution >= 4 is 11.6 Å². The van der Waals surface area contributed by atoms with Crippen LogP contribution in [0.1, 0.15) is 21.7 Å². The topological polar surface area (TPSA) is 78.2 Å². The van der Waals surface area contributed by atoms with E-state index in [-0.39, 0.29) is 5.91 Å². The lowest BCUT2D eigenvalue weighted by Crippen LogP contribution is -2.29. The van der Waals surface area contributed by atoms with Crippen molar-refractivity contribution < 1.29 is 19.0 Å². The first kappa shape index (κ1) is 26.7. The molecule has 0 spiro atoms. The molecular formula is C32H32N4O4. The molecule has 0 radical (unpaired) electrons. The Morgan fingerprint density at radius 1 is 0.850 bits per heavy atom. The lowest BCUT2D eigenvalue weighted by molar-refractivity contribution is 0.0791. The van der Waals surface area contributed by atoms with E-state index in [4.69, 9.17) is 24.3 Å². The molecule has 8 nitrogen and oxygen atoms in total. The van der Waals surface area contributed by atoms with Gasteiger partial charge in [0.2, 0.25) is 0 Å². The molecule has 0 unspecified atom stereocenters.